The Morgan fingerprint density at radius 3 is 2.71 bits per heavy atom. The van der Waals surface area contributed by atoms with Gasteiger partial charge in [0.15, 0.2) is 0 Å². The number of aliphatic hydroxyl groups excluding tert-OH is 1. The second kappa shape index (κ2) is 5.63. The zero-order valence-electron chi connectivity index (χ0n) is 9.74. The molecule has 1 unspecified atom stereocenters. The van der Waals surface area contributed by atoms with E-state index in [1.165, 1.54) is 6.07 Å². The van der Waals surface area contributed by atoms with E-state index in [0.717, 1.165) is 3.57 Å². The van der Waals surface area contributed by atoms with E-state index in [1.807, 2.05) is 36.4 Å². The molecule has 6 heteroatoms. The zero-order valence-corrected chi connectivity index (χ0v) is 11.9. The number of halogens is 1. The van der Waals surface area contributed by atoms with Crippen LogP contribution in [-0.2, 0) is 0 Å². The van der Waals surface area contributed by atoms with Crippen LogP contribution < -0.4 is 5.32 Å². The molecule has 0 aliphatic heterocycles. The average molecular weight is 350 g/mol. The van der Waals surface area contributed by atoms with Gasteiger partial charge in [-0.05, 0) is 48.1 Å². The Morgan fingerprint density at radius 2 is 2.24 bits per heavy atom. The molecule has 0 amide bonds. The van der Waals surface area contributed by atoms with Crippen molar-refractivity contribution in [2.45, 2.75) is 25.8 Å². The summed E-state index contributed by atoms with van der Waals surface area (Å²) < 4.78 is 0.807. The number of nitrogens with zero attached hydrogens (tertiary/aromatic N) is 1. The largest absolute Gasteiger partial charge is 0.394 e. The van der Waals surface area contributed by atoms with Gasteiger partial charge in [-0.1, -0.05) is 6.92 Å². The van der Waals surface area contributed by atoms with Crippen LogP contribution in [-0.4, -0.2) is 22.2 Å². The summed E-state index contributed by atoms with van der Waals surface area (Å²) in [7, 11) is 0. The van der Waals surface area contributed by atoms with Crippen LogP contribution in [0.5, 0.6) is 0 Å². The van der Waals surface area contributed by atoms with Crippen molar-refractivity contribution in [3.63, 3.8) is 0 Å². The number of hydrogen-bond acceptors (Lipinski definition) is 4. The third-order valence-corrected chi connectivity index (χ3v) is 3.39. The smallest absolute Gasteiger partial charge is 0.293 e. The van der Waals surface area contributed by atoms with Crippen molar-refractivity contribution in [3.8, 4) is 0 Å². The fourth-order valence-electron chi connectivity index (χ4n) is 1.33. The molecule has 17 heavy (non-hydrogen) atoms. The molecule has 0 fully saturated rings. The van der Waals surface area contributed by atoms with Gasteiger partial charge < -0.3 is 10.4 Å². The fourth-order valence-corrected chi connectivity index (χ4v) is 1.80. The highest BCUT2D eigenvalue weighted by atomic mass is 127. The van der Waals surface area contributed by atoms with Crippen molar-refractivity contribution < 1.29 is 10.0 Å². The maximum absolute atomic E-state index is 10.9. The number of nitrogens with one attached hydrogen (secondary N) is 1. The third-order valence-electron chi connectivity index (χ3n) is 2.72. The van der Waals surface area contributed by atoms with Gasteiger partial charge in [0.25, 0.3) is 5.69 Å². The summed E-state index contributed by atoms with van der Waals surface area (Å²) >= 11 is 2.03. The number of hydrogen-bond donors (Lipinski definition) is 2. The molecule has 94 valence electrons. The number of nitro groups is 1. The molecule has 0 heterocycles. The molecule has 1 aromatic rings. The Morgan fingerprint density at radius 1 is 1.59 bits per heavy atom. The monoisotopic (exact) mass is 350 g/mol. The van der Waals surface area contributed by atoms with Gasteiger partial charge in [-0.2, -0.15) is 0 Å². The van der Waals surface area contributed by atoms with Crippen molar-refractivity contribution in [1.29, 1.82) is 0 Å². The molecule has 1 rings (SSSR count). The van der Waals surface area contributed by atoms with E-state index in [2.05, 4.69) is 5.32 Å². The van der Waals surface area contributed by atoms with Gasteiger partial charge >= 0.3 is 0 Å². The topological polar surface area (TPSA) is 75.4 Å². The molecule has 1 aromatic carbocycles. The number of rotatable bonds is 5. The molecule has 1 atom stereocenters. The summed E-state index contributed by atoms with van der Waals surface area (Å²) in [5, 5.41) is 23.3. The van der Waals surface area contributed by atoms with E-state index in [-0.39, 0.29) is 12.3 Å². The van der Waals surface area contributed by atoms with Crippen molar-refractivity contribution >= 4 is 34.0 Å². The van der Waals surface area contributed by atoms with Crippen LogP contribution in [0.4, 0.5) is 11.4 Å². The summed E-state index contributed by atoms with van der Waals surface area (Å²) in [6.07, 6.45) is 0.673. The van der Waals surface area contributed by atoms with Gasteiger partial charge in [-0.3, -0.25) is 10.1 Å². The maximum Gasteiger partial charge on any atom is 0.293 e. The first-order chi connectivity index (χ1) is 7.91. The number of anilines is 1. The molecule has 0 radical (unpaired) electrons. The minimum atomic E-state index is -0.544. The first-order valence-corrected chi connectivity index (χ1v) is 6.32. The second-order valence-corrected chi connectivity index (χ2v) is 5.36. The Labute approximate surface area is 114 Å². The van der Waals surface area contributed by atoms with Crippen LogP contribution in [0.1, 0.15) is 20.3 Å². The first kappa shape index (κ1) is 14.2. The van der Waals surface area contributed by atoms with Crippen molar-refractivity contribution in [1.82, 2.24) is 0 Å². The minimum absolute atomic E-state index is 0.0324. The van der Waals surface area contributed by atoms with Crippen molar-refractivity contribution in [3.05, 3.63) is 31.9 Å². The van der Waals surface area contributed by atoms with Gasteiger partial charge in [0.2, 0.25) is 0 Å². The van der Waals surface area contributed by atoms with Crippen LogP contribution in [0, 0.1) is 13.7 Å². The van der Waals surface area contributed by atoms with E-state index in [9.17, 15) is 15.2 Å². The van der Waals surface area contributed by atoms with Crippen LogP contribution in [0.15, 0.2) is 18.2 Å². The molecule has 0 spiro atoms. The number of benzene rings is 1. The lowest BCUT2D eigenvalue weighted by Gasteiger charge is -2.28. The third kappa shape index (κ3) is 3.53. The molecule has 0 aliphatic carbocycles. The standard InChI is InChI=1S/C11H15IN2O3/c1-3-11(2,7-15)13-9-5-4-8(12)6-10(9)14(16)17/h4-6,13,15H,3,7H2,1-2H3. The van der Waals surface area contributed by atoms with Crippen molar-refractivity contribution in [2.75, 3.05) is 11.9 Å². The second-order valence-electron chi connectivity index (χ2n) is 4.12. The average Bonchev–Trinajstić information content (AvgIpc) is 2.31. The van der Waals surface area contributed by atoms with Gasteiger partial charge in [-0.25, -0.2) is 0 Å². The highest BCUT2D eigenvalue weighted by Crippen LogP contribution is 2.29. The quantitative estimate of drug-likeness (QED) is 0.487. The van der Waals surface area contributed by atoms with Gasteiger partial charge in [0, 0.05) is 9.64 Å². The molecule has 0 aromatic heterocycles. The van der Waals surface area contributed by atoms with Gasteiger partial charge in [-0.15, -0.1) is 0 Å². The SMILES string of the molecule is CCC(C)(CO)Nc1ccc(I)cc1[N+](=O)[O-]. The summed E-state index contributed by atoms with van der Waals surface area (Å²) in [4.78, 5) is 10.5. The summed E-state index contributed by atoms with van der Waals surface area (Å²) in [5.74, 6) is 0. The van der Waals surface area contributed by atoms with E-state index < -0.39 is 10.5 Å². The van der Waals surface area contributed by atoms with Crippen molar-refractivity contribution in [2.24, 2.45) is 0 Å². The Kier molecular flexibility index (Phi) is 4.70. The Balaban J connectivity index is 3.10. The highest BCUT2D eigenvalue weighted by molar-refractivity contribution is 14.1. The predicted octanol–water partition coefficient (Wildman–Crippen LogP) is 2.77. The summed E-state index contributed by atoms with van der Waals surface area (Å²) in [6.45, 7) is 3.67. The molecule has 5 nitrogen and oxygen atoms in total. The molecule has 0 saturated heterocycles. The van der Waals surface area contributed by atoms with Gasteiger partial charge in [0.05, 0.1) is 17.1 Å². The number of nitro benzene ring substituents is 1. The Bertz CT molecular complexity index is 419. The predicted molar refractivity (Wildman–Crippen MR) is 75.2 cm³/mol. The highest BCUT2D eigenvalue weighted by Gasteiger charge is 2.24. The van der Waals surface area contributed by atoms with E-state index in [1.54, 1.807) is 12.1 Å². The lowest BCUT2D eigenvalue weighted by Crippen LogP contribution is -2.38. The normalized spacial score (nSPS) is 14.1. The molecule has 0 saturated carbocycles. The maximum atomic E-state index is 10.9. The van der Waals surface area contributed by atoms with E-state index in [0.29, 0.717) is 12.1 Å². The molecular weight excluding hydrogens is 335 g/mol. The molecular formula is C11H15IN2O3. The molecule has 0 aliphatic rings. The van der Waals surface area contributed by atoms with Crippen LogP contribution in [0.25, 0.3) is 0 Å². The molecule has 2 N–H and O–H groups in total. The fraction of sp³-hybridized carbons (Fsp3) is 0.455. The lowest BCUT2D eigenvalue weighted by molar-refractivity contribution is -0.384. The zero-order chi connectivity index (χ0) is 13.1. The summed E-state index contributed by atoms with van der Waals surface area (Å²) in [6, 6.07) is 4.98. The first-order valence-electron chi connectivity index (χ1n) is 5.25. The van der Waals surface area contributed by atoms with Crippen LogP contribution in [0.2, 0.25) is 0 Å². The van der Waals surface area contributed by atoms with E-state index in [4.69, 9.17) is 0 Å². The van der Waals surface area contributed by atoms with Gasteiger partial charge in [0.1, 0.15) is 5.69 Å². The number of aliphatic hydroxyl groups is 1. The lowest BCUT2D eigenvalue weighted by atomic mass is 9.99. The minimum Gasteiger partial charge on any atom is -0.394 e. The van der Waals surface area contributed by atoms with Crippen LogP contribution >= 0.6 is 22.6 Å². The Hall–Kier alpha value is -0.890. The summed E-state index contributed by atoms with van der Waals surface area (Å²) in [5.41, 5.74) is -0.0729. The molecule has 0 bridgehead atoms. The van der Waals surface area contributed by atoms with Crippen LogP contribution in [0.3, 0.4) is 0 Å². The van der Waals surface area contributed by atoms with E-state index >= 15 is 0 Å².